The van der Waals surface area contributed by atoms with E-state index in [0.717, 1.165) is 24.9 Å². The second-order valence-corrected chi connectivity index (χ2v) is 6.32. The van der Waals surface area contributed by atoms with Crippen LogP contribution in [0, 0.1) is 0 Å². The predicted octanol–water partition coefficient (Wildman–Crippen LogP) is 2.74. The van der Waals surface area contributed by atoms with Gasteiger partial charge in [0.05, 0.1) is 5.56 Å². The van der Waals surface area contributed by atoms with E-state index in [1.54, 1.807) is 18.2 Å². The number of carbonyl (C=O) groups is 2. The number of carbonyl (C=O) groups excluding carboxylic acids is 2. The molecule has 0 bridgehead atoms. The first-order chi connectivity index (χ1) is 12.7. The maximum atomic E-state index is 12.1. The number of fused-ring (bicyclic) bond motifs is 2. The lowest BCUT2D eigenvalue weighted by molar-refractivity contribution is -0.119. The Bertz CT molecular complexity index is 861. The van der Waals surface area contributed by atoms with E-state index in [1.807, 2.05) is 18.2 Å². The summed E-state index contributed by atoms with van der Waals surface area (Å²) in [4.78, 5) is 24.2. The molecule has 0 atom stereocenters. The first-order valence-electron chi connectivity index (χ1n) is 8.67. The number of aryl methyl sites for hydroxylation is 2. The van der Waals surface area contributed by atoms with Crippen LogP contribution >= 0.6 is 0 Å². The van der Waals surface area contributed by atoms with Gasteiger partial charge in [-0.15, -0.1) is 0 Å². The van der Waals surface area contributed by atoms with Gasteiger partial charge in [0.2, 0.25) is 0 Å². The van der Waals surface area contributed by atoms with Crippen molar-refractivity contribution in [2.24, 2.45) is 0 Å². The summed E-state index contributed by atoms with van der Waals surface area (Å²) in [6.07, 6.45) is 3.29. The van der Waals surface area contributed by atoms with Crippen LogP contribution < -0.4 is 14.8 Å². The monoisotopic (exact) mass is 353 g/mol. The topological polar surface area (TPSA) is 73.9 Å². The van der Waals surface area contributed by atoms with E-state index in [1.165, 1.54) is 11.1 Å². The van der Waals surface area contributed by atoms with Gasteiger partial charge in [-0.2, -0.15) is 0 Å². The van der Waals surface area contributed by atoms with E-state index >= 15 is 0 Å². The van der Waals surface area contributed by atoms with Gasteiger partial charge in [-0.3, -0.25) is 4.79 Å². The lowest BCUT2D eigenvalue weighted by Gasteiger charge is -2.18. The van der Waals surface area contributed by atoms with Gasteiger partial charge in [-0.1, -0.05) is 6.07 Å². The number of hydrogen-bond donors (Lipinski definition) is 1. The van der Waals surface area contributed by atoms with Crippen molar-refractivity contribution >= 4 is 17.6 Å². The molecule has 0 saturated carbocycles. The van der Waals surface area contributed by atoms with Gasteiger partial charge < -0.3 is 19.5 Å². The van der Waals surface area contributed by atoms with Crippen molar-refractivity contribution in [2.75, 3.05) is 25.1 Å². The van der Waals surface area contributed by atoms with Gasteiger partial charge in [0.25, 0.3) is 5.91 Å². The summed E-state index contributed by atoms with van der Waals surface area (Å²) < 4.78 is 16.0. The summed E-state index contributed by atoms with van der Waals surface area (Å²) in [6, 6.07) is 10.7. The molecule has 0 aromatic heterocycles. The molecule has 6 heteroatoms. The molecule has 0 unspecified atom stereocenters. The molecule has 134 valence electrons. The first kappa shape index (κ1) is 16.4. The van der Waals surface area contributed by atoms with Crippen molar-refractivity contribution in [1.82, 2.24) is 0 Å². The van der Waals surface area contributed by atoms with Crippen LogP contribution in [0.4, 0.5) is 5.69 Å². The average Bonchev–Trinajstić information content (AvgIpc) is 3.13. The van der Waals surface area contributed by atoms with Crippen LogP contribution in [0.1, 0.15) is 27.9 Å². The number of esters is 1. The van der Waals surface area contributed by atoms with Gasteiger partial charge >= 0.3 is 5.97 Å². The molecular weight excluding hydrogens is 334 g/mol. The Balaban J connectivity index is 1.33. The molecule has 0 fully saturated rings. The highest BCUT2D eigenvalue weighted by Gasteiger charge is 2.17. The second kappa shape index (κ2) is 7.07. The lowest BCUT2D eigenvalue weighted by atomic mass is 10.1. The van der Waals surface area contributed by atoms with E-state index in [9.17, 15) is 9.59 Å². The van der Waals surface area contributed by atoms with E-state index in [0.29, 0.717) is 30.3 Å². The fraction of sp³-hybridized carbons (Fsp3) is 0.300. The number of ether oxygens (including phenoxy) is 3. The highest BCUT2D eigenvalue weighted by Crippen LogP contribution is 2.31. The predicted molar refractivity (Wildman–Crippen MR) is 94.8 cm³/mol. The van der Waals surface area contributed by atoms with Gasteiger partial charge in [-0.25, -0.2) is 4.79 Å². The van der Waals surface area contributed by atoms with E-state index < -0.39 is 5.97 Å². The van der Waals surface area contributed by atoms with Crippen LogP contribution in [0.25, 0.3) is 0 Å². The zero-order chi connectivity index (χ0) is 17.9. The van der Waals surface area contributed by atoms with Gasteiger partial charge in [0, 0.05) is 5.69 Å². The van der Waals surface area contributed by atoms with E-state index in [-0.39, 0.29) is 12.5 Å². The largest absolute Gasteiger partial charge is 0.486 e. The number of benzene rings is 2. The summed E-state index contributed by atoms with van der Waals surface area (Å²) in [5.74, 6) is 0.162. The first-order valence-corrected chi connectivity index (χ1v) is 8.67. The number of hydrogen-bond acceptors (Lipinski definition) is 5. The third kappa shape index (κ3) is 3.49. The van der Waals surface area contributed by atoms with Gasteiger partial charge in [0.15, 0.2) is 18.1 Å². The number of amides is 1. The maximum Gasteiger partial charge on any atom is 0.338 e. The second-order valence-electron chi connectivity index (χ2n) is 6.32. The molecule has 2 aromatic carbocycles. The van der Waals surface area contributed by atoms with E-state index in [2.05, 4.69) is 5.32 Å². The third-order valence-corrected chi connectivity index (χ3v) is 4.49. The molecule has 1 aliphatic carbocycles. The van der Waals surface area contributed by atoms with Crippen LogP contribution in [0.5, 0.6) is 11.5 Å². The Morgan fingerprint density at radius 3 is 2.65 bits per heavy atom. The van der Waals surface area contributed by atoms with Gasteiger partial charge in [-0.05, 0) is 60.7 Å². The zero-order valence-corrected chi connectivity index (χ0v) is 14.2. The number of anilines is 1. The molecule has 4 rings (SSSR count). The smallest absolute Gasteiger partial charge is 0.338 e. The highest BCUT2D eigenvalue weighted by molar-refractivity contribution is 5.95. The minimum Gasteiger partial charge on any atom is -0.486 e. The molecular formula is C20H19NO5. The van der Waals surface area contributed by atoms with Crippen molar-refractivity contribution in [3.8, 4) is 11.5 Å². The van der Waals surface area contributed by atoms with Crippen LogP contribution in [0.2, 0.25) is 0 Å². The Hall–Kier alpha value is -3.02. The summed E-state index contributed by atoms with van der Waals surface area (Å²) in [5.41, 5.74) is 3.66. The lowest BCUT2D eigenvalue weighted by Crippen LogP contribution is -2.21. The standard InChI is InChI=1S/C20H19NO5/c22-19(21-16-6-4-13-2-1-3-14(13)10-16)12-26-20(23)15-5-7-17-18(11-15)25-9-8-24-17/h4-7,10-11H,1-3,8-9,12H2,(H,21,22). The normalized spacial score (nSPS) is 14.5. The zero-order valence-electron chi connectivity index (χ0n) is 14.2. The van der Waals surface area contributed by atoms with Crippen LogP contribution in [-0.2, 0) is 22.4 Å². The third-order valence-electron chi connectivity index (χ3n) is 4.49. The van der Waals surface area contributed by atoms with Gasteiger partial charge in [0.1, 0.15) is 13.2 Å². The number of nitrogens with one attached hydrogen (secondary N) is 1. The fourth-order valence-corrected chi connectivity index (χ4v) is 3.23. The Labute approximate surface area is 151 Å². The quantitative estimate of drug-likeness (QED) is 0.856. The van der Waals surface area contributed by atoms with Crippen LogP contribution in [0.15, 0.2) is 36.4 Å². The fourth-order valence-electron chi connectivity index (χ4n) is 3.23. The Morgan fingerprint density at radius 1 is 0.962 bits per heavy atom. The highest BCUT2D eigenvalue weighted by atomic mass is 16.6. The number of rotatable bonds is 4. The summed E-state index contributed by atoms with van der Waals surface area (Å²) in [7, 11) is 0. The molecule has 1 amide bonds. The van der Waals surface area contributed by atoms with Crippen molar-refractivity contribution in [3.63, 3.8) is 0 Å². The molecule has 0 saturated heterocycles. The van der Waals surface area contributed by atoms with Crippen LogP contribution in [-0.4, -0.2) is 31.7 Å². The molecule has 6 nitrogen and oxygen atoms in total. The Kier molecular flexibility index (Phi) is 4.48. The molecule has 1 N–H and O–H groups in total. The van der Waals surface area contributed by atoms with Crippen molar-refractivity contribution in [1.29, 1.82) is 0 Å². The minimum absolute atomic E-state index is 0.319. The SMILES string of the molecule is O=C(COC(=O)c1ccc2c(c1)OCCO2)Nc1ccc2c(c1)CCC2. The van der Waals surface area contributed by atoms with E-state index in [4.69, 9.17) is 14.2 Å². The molecule has 2 aromatic rings. The molecule has 1 heterocycles. The summed E-state index contributed by atoms with van der Waals surface area (Å²) in [5, 5.41) is 2.77. The molecule has 26 heavy (non-hydrogen) atoms. The van der Waals surface area contributed by atoms with Crippen molar-refractivity contribution in [2.45, 2.75) is 19.3 Å². The minimum atomic E-state index is -0.578. The maximum absolute atomic E-state index is 12.1. The van der Waals surface area contributed by atoms with Crippen LogP contribution in [0.3, 0.4) is 0 Å². The van der Waals surface area contributed by atoms with Crippen molar-refractivity contribution < 1.29 is 23.8 Å². The average molecular weight is 353 g/mol. The van der Waals surface area contributed by atoms with Crippen molar-refractivity contribution in [3.05, 3.63) is 53.1 Å². The summed E-state index contributed by atoms with van der Waals surface area (Å²) in [6.45, 7) is 0.582. The molecule has 0 spiro atoms. The summed E-state index contributed by atoms with van der Waals surface area (Å²) >= 11 is 0. The molecule has 0 radical (unpaired) electrons. The molecule has 1 aliphatic heterocycles. The Morgan fingerprint density at radius 2 is 1.77 bits per heavy atom. The molecule has 2 aliphatic rings.